The quantitative estimate of drug-likeness (QED) is 0.759. The normalized spacial score (nSPS) is 16.9. The van der Waals surface area contributed by atoms with Gasteiger partial charge in [0.05, 0.1) is 0 Å². The number of hydrogen-bond acceptors (Lipinski definition) is 4. The van der Waals surface area contributed by atoms with Crippen LogP contribution >= 0.6 is 0 Å². The highest BCUT2D eigenvalue weighted by Crippen LogP contribution is 2.15. The minimum absolute atomic E-state index is 0.00783. The van der Waals surface area contributed by atoms with Crippen LogP contribution in [0.15, 0.2) is 0 Å². The highest BCUT2D eigenvalue weighted by molar-refractivity contribution is 5.72. The van der Waals surface area contributed by atoms with E-state index in [4.69, 9.17) is 4.74 Å². The van der Waals surface area contributed by atoms with Gasteiger partial charge in [0.15, 0.2) is 0 Å². The van der Waals surface area contributed by atoms with Crippen molar-refractivity contribution in [2.45, 2.75) is 52.2 Å². The molecule has 0 saturated carbocycles. The molecule has 1 fully saturated rings. The second-order valence-corrected chi connectivity index (χ2v) is 6.18. The summed E-state index contributed by atoms with van der Waals surface area (Å²) in [7, 11) is 0. The van der Waals surface area contributed by atoms with Gasteiger partial charge in [-0.1, -0.05) is 0 Å². The lowest BCUT2D eigenvalue weighted by molar-refractivity contribution is -0.118. The van der Waals surface area contributed by atoms with Gasteiger partial charge in [-0.2, -0.15) is 0 Å². The molecule has 0 unspecified atom stereocenters. The molecule has 0 aromatic rings. The predicted octanol–water partition coefficient (Wildman–Crippen LogP) is 1.11. The van der Waals surface area contributed by atoms with E-state index in [9.17, 15) is 9.59 Å². The molecular weight excluding hydrogens is 258 g/mol. The summed E-state index contributed by atoms with van der Waals surface area (Å²) in [5, 5.41) is 6.14. The molecule has 0 aromatic carbocycles. The average molecular weight is 285 g/mol. The van der Waals surface area contributed by atoms with E-state index in [1.54, 1.807) is 4.90 Å². The van der Waals surface area contributed by atoms with E-state index in [2.05, 4.69) is 10.6 Å². The molecule has 20 heavy (non-hydrogen) atoms. The maximum Gasteiger partial charge on any atom is 0.410 e. The third kappa shape index (κ3) is 6.75. The Hall–Kier alpha value is -1.30. The van der Waals surface area contributed by atoms with Crippen LogP contribution < -0.4 is 10.6 Å². The largest absolute Gasteiger partial charge is 0.444 e. The van der Waals surface area contributed by atoms with Crippen LogP contribution in [-0.4, -0.2) is 54.7 Å². The monoisotopic (exact) mass is 285 g/mol. The Balaban J connectivity index is 2.19. The fourth-order valence-electron chi connectivity index (χ4n) is 2.11. The predicted molar refractivity (Wildman–Crippen MR) is 77.5 cm³/mol. The molecule has 0 atom stereocenters. The summed E-state index contributed by atoms with van der Waals surface area (Å²) in [4.78, 5) is 24.4. The van der Waals surface area contributed by atoms with Crippen molar-refractivity contribution in [2.24, 2.45) is 0 Å². The first-order valence-corrected chi connectivity index (χ1v) is 7.23. The van der Waals surface area contributed by atoms with Crippen molar-refractivity contribution in [1.29, 1.82) is 0 Å². The van der Waals surface area contributed by atoms with Gasteiger partial charge in [-0.15, -0.1) is 0 Å². The van der Waals surface area contributed by atoms with Gasteiger partial charge in [-0.25, -0.2) is 4.79 Å². The summed E-state index contributed by atoms with van der Waals surface area (Å²) in [6, 6.07) is 0.405. The van der Waals surface area contributed by atoms with Gasteiger partial charge in [-0.3, -0.25) is 4.79 Å². The number of nitrogens with zero attached hydrogens (tertiary/aromatic N) is 1. The first kappa shape index (κ1) is 16.8. The molecule has 1 heterocycles. The Morgan fingerprint density at radius 1 is 1.20 bits per heavy atom. The van der Waals surface area contributed by atoms with E-state index in [0.717, 1.165) is 19.4 Å². The maximum atomic E-state index is 11.9. The summed E-state index contributed by atoms with van der Waals surface area (Å²) < 4.78 is 5.36. The van der Waals surface area contributed by atoms with E-state index in [0.29, 0.717) is 25.7 Å². The lowest BCUT2D eigenvalue weighted by Crippen LogP contribution is -2.47. The van der Waals surface area contributed by atoms with Crippen LogP contribution in [0, 0.1) is 0 Å². The molecule has 6 nitrogen and oxygen atoms in total. The zero-order chi connectivity index (χ0) is 15.2. The van der Waals surface area contributed by atoms with E-state index in [-0.39, 0.29) is 12.0 Å². The molecule has 0 radical (unpaired) electrons. The molecule has 1 saturated heterocycles. The molecule has 6 heteroatoms. The third-order valence-electron chi connectivity index (χ3n) is 3.08. The van der Waals surface area contributed by atoms with Crippen LogP contribution in [0.25, 0.3) is 0 Å². The van der Waals surface area contributed by atoms with Crippen molar-refractivity contribution in [1.82, 2.24) is 15.5 Å². The standard InChI is InChI=1S/C14H27N3O3/c1-11(18)15-7-8-16-12-5-9-17(10-6-12)13(19)20-14(2,3)4/h12,16H,5-10H2,1-4H3,(H,15,18). The maximum absolute atomic E-state index is 11.9. The number of hydrogen-bond donors (Lipinski definition) is 2. The molecule has 2 N–H and O–H groups in total. The number of carbonyl (C=O) groups excluding carboxylic acids is 2. The van der Waals surface area contributed by atoms with Crippen LogP contribution in [0.1, 0.15) is 40.5 Å². The van der Waals surface area contributed by atoms with Gasteiger partial charge in [0.25, 0.3) is 0 Å². The average Bonchev–Trinajstić information content (AvgIpc) is 2.33. The molecule has 1 aliphatic heterocycles. The number of likely N-dealkylation sites (tertiary alicyclic amines) is 1. The minimum Gasteiger partial charge on any atom is -0.444 e. The van der Waals surface area contributed by atoms with Crippen LogP contribution in [0.2, 0.25) is 0 Å². The molecule has 0 aliphatic carbocycles. The first-order valence-electron chi connectivity index (χ1n) is 7.23. The summed E-state index contributed by atoms with van der Waals surface area (Å²) >= 11 is 0. The topological polar surface area (TPSA) is 70.7 Å². The van der Waals surface area contributed by atoms with Crippen LogP contribution in [0.3, 0.4) is 0 Å². The Kier molecular flexibility index (Phi) is 6.26. The van der Waals surface area contributed by atoms with E-state index in [1.165, 1.54) is 6.92 Å². The van der Waals surface area contributed by atoms with E-state index >= 15 is 0 Å². The molecule has 0 spiro atoms. The van der Waals surface area contributed by atoms with Crippen molar-refractivity contribution in [3.05, 3.63) is 0 Å². The second kappa shape index (κ2) is 7.47. The number of rotatable bonds is 4. The Bertz CT molecular complexity index is 331. The fraction of sp³-hybridized carbons (Fsp3) is 0.857. The number of amides is 2. The van der Waals surface area contributed by atoms with Crippen molar-refractivity contribution < 1.29 is 14.3 Å². The molecular formula is C14H27N3O3. The van der Waals surface area contributed by atoms with Crippen molar-refractivity contribution >= 4 is 12.0 Å². The fourth-order valence-corrected chi connectivity index (χ4v) is 2.11. The highest BCUT2D eigenvalue weighted by atomic mass is 16.6. The van der Waals surface area contributed by atoms with Crippen LogP contribution in [-0.2, 0) is 9.53 Å². The number of nitrogens with one attached hydrogen (secondary N) is 2. The minimum atomic E-state index is -0.440. The number of piperidine rings is 1. The number of carbonyl (C=O) groups is 2. The third-order valence-corrected chi connectivity index (χ3v) is 3.08. The lowest BCUT2D eigenvalue weighted by atomic mass is 10.1. The second-order valence-electron chi connectivity index (χ2n) is 6.18. The molecule has 0 aromatic heterocycles. The molecule has 1 aliphatic rings. The summed E-state index contributed by atoms with van der Waals surface area (Å²) in [6.07, 6.45) is 1.60. The van der Waals surface area contributed by atoms with Gasteiger partial charge in [0, 0.05) is 39.1 Å². The van der Waals surface area contributed by atoms with Gasteiger partial charge in [0.1, 0.15) is 5.60 Å². The Morgan fingerprint density at radius 2 is 1.80 bits per heavy atom. The highest BCUT2D eigenvalue weighted by Gasteiger charge is 2.26. The molecule has 116 valence electrons. The van der Waals surface area contributed by atoms with E-state index < -0.39 is 5.60 Å². The van der Waals surface area contributed by atoms with Gasteiger partial charge in [0.2, 0.25) is 5.91 Å². The molecule has 2 amide bonds. The van der Waals surface area contributed by atoms with Gasteiger partial charge >= 0.3 is 6.09 Å². The molecule has 1 rings (SSSR count). The van der Waals surface area contributed by atoms with Crippen LogP contribution in [0.5, 0.6) is 0 Å². The van der Waals surface area contributed by atoms with Gasteiger partial charge < -0.3 is 20.3 Å². The van der Waals surface area contributed by atoms with Crippen molar-refractivity contribution in [2.75, 3.05) is 26.2 Å². The van der Waals surface area contributed by atoms with Gasteiger partial charge in [-0.05, 0) is 33.6 Å². The summed E-state index contributed by atoms with van der Waals surface area (Å²) in [6.45, 7) is 9.97. The zero-order valence-electron chi connectivity index (χ0n) is 13.0. The summed E-state index contributed by atoms with van der Waals surface area (Å²) in [5.41, 5.74) is -0.440. The lowest BCUT2D eigenvalue weighted by Gasteiger charge is -2.33. The smallest absolute Gasteiger partial charge is 0.410 e. The van der Waals surface area contributed by atoms with E-state index in [1.807, 2.05) is 20.8 Å². The van der Waals surface area contributed by atoms with Crippen molar-refractivity contribution in [3.8, 4) is 0 Å². The first-order chi connectivity index (χ1) is 9.28. The Labute approximate surface area is 121 Å². The van der Waals surface area contributed by atoms with Crippen LogP contribution in [0.4, 0.5) is 4.79 Å². The SMILES string of the molecule is CC(=O)NCCNC1CCN(C(=O)OC(C)(C)C)CC1. The zero-order valence-corrected chi connectivity index (χ0v) is 13.0. The van der Waals surface area contributed by atoms with Crippen molar-refractivity contribution in [3.63, 3.8) is 0 Å². The number of ether oxygens (including phenoxy) is 1. The summed E-state index contributed by atoms with van der Waals surface area (Å²) in [5.74, 6) is -0.00783. The molecule has 0 bridgehead atoms. The Morgan fingerprint density at radius 3 is 2.30 bits per heavy atom.